The number of hydrogen-bond acceptors (Lipinski definition) is 6. The molecular formula is C32H49N5O2. The summed E-state index contributed by atoms with van der Waals surface area (Å²) in [5, 5.41) is 6.28. The molecule has 39 heavy (non-hydrogen) atoms. The summed E-state index contributed by atoms with van der Waals surface area (Å²) in [4.78, 5) is 12.5. The summed E-state index contributed by atoms with van der Waals surface area (Å²) >= 11 is 0. The molecule has 3 aromatic rings. The van der Waals surface area contributed by atoms with Crippen LogP contribution in [0.3, 0.4) is 0 Å². The Morgan fingerprint density at radius 2 is 1.62 bits per heavy atom. The van der Waals surface area contributed by atoms with Gasteiger partial charge >= 0.3 is 0 Å². The van der Waals surface area contributed by atoms with Gasteiger partial charge in [0.15, 0.2) is 0 Å². The van der Waals surface area contributed by atoms with E-state index in [0.717, 1.165) is 36.3 Å². The van der Waals surface area contributed by atoms with Crippen molar-refractivity contribution < 1.29 is 9.53 Å². The molecule has 0 fully saturated rings. The fraction of sp³-hybridized carbons (Fsp3) is 0.344. The number of allylic oxidation sites excluding steroid dienone is 1. The molecule has 7 heteroatoms. The number of nitrogen functional groups attached to an aromatic ring is 1. The predicted octanol–water partition coefficient (Wildman–Crippen LogP) is 5.72. The van der Waals surface area contributed by atoms with Crippen LogP contribution in [0, 0.1) is 5.92 Å². The number of rotatable bonds is 10. The maximum atomic E-state index is 12.5. The maximum Gasteiger partial charge on any atom is 0.250 e. The highest BCUT2D eigenvalue weighted by molar-refractivity contribution is 5.99. The van der Waals surface area contributed by atoms with Crippen LogP contribution in [0.25, 0.3) is 0 Å². The number of ether oxygens (including phenoxy) is 1. The van der Waals surface area contributed by atoms with E-state index in [9.17, 15) is 4.79 Å². The first-order chi connectivity index (χ1) is 19.0. The first-order valence-corrected chi connectivity index (χ1v) is 13.5. The van der Waals surface area contributed by atoms with Crippen molar-refractivity contribution in [3.63, 3.8) is 0 Å². The number of para-hydroxylation sites is 1. The zero-order chi connectivity index (χ0) is 29.5. The zero-order valence-corrected chi connectivity index (χ0v) is 24.5. The monoisotopic (exact) mass is 535 g/mol. The van der Waals surface area contributed by atoms with E-state index in [1.807, 2.05) is 86.6 Å². The topological polar surface area (TPSA) is 128 Å². The van der Waals surface area contributed by atoms with Gasteiger partial charge in [0, 0.05) is 48.2 Å². The molecule has 0 aliphatic carbocycles. The van der Waals surface area contributed by atoms with Crippen molar-refractivity contribution in [3.8, 4) is 5.75 Å². The molecule has 0 saturated carbocycles. The second-order valence-electron chi connectivity index (χ2n) is 8.24. The molecule has 0 heterocycles. The van der Waals surface area contributed by atoms with Crippen LogP contribution in [0.5, 0.6) is 5.75 Å². The van der Waals surface area contributed by atoms with Gasteiger partial charge in [0.25, 0.3) is 0 Å². The van der Waals surface area contributed by atoms with E-state index in [0.29, 0.717) is 18.0 Å². The predicted molar refractivity (Wildman–Crippen MR) is 168 cm³/mol. The van der Waals surface area contributed by atoms with Gasteiger partial charge in [-0.2, -0.15) is 0 Å². The van der Waals surface area contributed by atoms with E-state index >= 15 is 0 Å². The van der Waals surface area contributed by atoms with E-state index in [4.69, 9.17) is 16.2 Å². The van der Waals surface area contributed by atoms with E-state index in [1.54, 1.807) is 19.3 Å². The molecule has 0 aliphatic heterocycles. The first kappa shape index (κ1) is 35.2. The van der Waals surface area contributed by atoms with Gasteiger partial charge < -0.3 is 32.6 Å². The second kappa shape index (κ2) is 22.2. The number of nitrogens with two attached hydrogens (primary N) is 3. The number of methoxy groups -OCH3 is 1. The largest absolute Gasteiger partial charge is 0.497 e. The molecule has 214 valence electrons. The van der Waals surface area contributed by atoms with E-state index in [-0.39, 0.29) is 11.8 Å². The van der Waals surface area contributed by atoms with Gasteiger partial charge in [-0.05, 0) is 49.2 Å². The van der Waals surface area contributed by atoms with E-state index < -0.39 is 0 Å². The van der Waals surface area contributed by atoms with Gasteiger partial charge in [-0.3, -0.25) is 4.79 Å². The lowest BCUT2D eigenvalue weighted by atomic mass is 9.96. The molecule has 8 N–H and O–H groups in total. The minimum absolute atomic E-state index is 0.136. The Labute approximate surface area is 235 Å². The Kier molecular flexibility index (Phi) is 20.0. The highest BCUT2D eigenvalue weighted by atomic mass is 16.5. The number of hydrogen-bond donors (Lipinski definition) is 5. The minimum atomic E-state index is -0.172. The second-order valence-corrected chi connectivity index (χ2v) is 8.24. The summed E-state index contributed by atoms with van der Waals surface area (Å²) in [6, 6.07) is 25.1. The Balaban J connectivity index is 0.00000101. The third kappa shape index (κ3) is 14.6. The molecule has 1 amide bonds. The minimum Gasteiger partial charge on any atom is -0.497 e. The Bertz CT molecular complexity index is 1070. The lowest BCUT2D eigenvalue weighted by molar-refractivity contribution is -0.112. The van der Waals surface area contributed by atoms with Crippen molar-refractivity contribution >= 4 is 17.3 Å². The number of carbonyl (C=O) groups excluding carboxylic acids is 1. The Morgan fingerprint density at radius 1 is 0.974 bits per heavy atom. The third-order valence-electron chi connectivity index (χ3n) is 5.39. The van der Waals surface area contributed by atoms with Crippen LogP contribution >= 0.6 is 0 Å². The molecule has 0 spiro atoms. The standard InChI is InChI=1S/C22H29N3O2.C7H9N.C2H6.CH5N/c1-4-12-24-21(16(2)13-17-8-5-6-11-20(17)23)15-22(26)25-18-9-7-10-19(14-18)27-3;8-6-7-4-2-1-3-5-7;2*1-2/h5-11,14-16,24H,4,12-13,23H2,1-3H3,(H,25,26);1-5H,6,8H2;1-2H3;2H2,1H3/b21-15+;;;. The van der Waals surface area contributed by atoms with Crippen LogP contribution in [0.4, 0.5) is 11.4 Å². The van der Waals surface area contributed by atoms with Gasteiger partial charge in [0.2, 0.25) is 5.91 Å². The number of carbonyl (C=O) groups is 1. The molecule has 7 nitrogen and oxygen atoms in total. The number of amides is 1. The lowest BCUT2D eigenvalue weighted by Gasteiger charge is -2.19. The number of nitrogens with one attached hydrogen (secondary N) is 2. The smallest absolute Gasteiger partial charge is 0.250 e. The van der Waals surface area contributed by atoms with Crippen LogP contribution in [-0.2, 0) is 17.8 Å². The molecule has 3 aromatic carbocycles. The Hall–Kier alpha value is -3.81. The van der Waals surface area contributed by atoms with Crippen LogP contribution < -0.4 is 32.6 Å². The van der Waals surface area contributed by atoms with Crippen molar-refractivity contribution in [1.29, 1.82) is 0 Å². The lowest BCUT2D eigenvalue weighted by Crippen LogP contribution is -2.23. The fourth-order valence-electron chi connectivity index (χ4n) is 3.43. The fourth-order valence-corrected chi connectivity index (χ4v) is 3.43. The van der Waals surface area contributed by atoms with Gasteiger partial charge in [-0.15, -0.1) is 0 Å². The zero-order valence-electron chi connectivity index (χ0n) is 24.5. The van der Waals surface area contributed by atoms with Crippen molar-refractivity contribution in [1.82, 2.24) is 5.32 Å². The molecular weight excluding hydrogens is 486 g/mol. The van der Waals surface area contributed by atoms with E-state index in [2.05, 4.69) is 30.2 Å². The molecule has 3 rings (SSSR count). The summed E-state index contributed by atoms with van der Waals surface area (Å²) in [6.07, 6.45) is 3.38. The molecule has 1 unspecified atom stereocenters. The molecule has 0 radical (unpaired) electrons. The third-order valence-corrected chi connectivity index (χ3v) is 5.39. The molecule has 1 atom stereocenters. The van der Waals surface area contributed by atoms with Crippen molar-refractivity contribution in [2.75, 3.05) is 31.8 Å². The normalized spacial score (nSPS) is 10.7. The van der Waals surface area contributed by atoms with Crippen LogP contribution in [0.2, 0.25) is 0 Å². The highest BCUT2D eigenvalue weighted by Gasteiger charge is 2.13. The van der Waals surface area contributed by atoms with Gasteiger partial charge in [0.05, 0.1) is 7.11 Å². The van der Waals surface area contributed by atoms with Crippen LogP contribution in [-0.4, -0.2) is 26.6 Å². The Morgan fingerprint density at radius 3 is 2.18 bits per heavy atom. The average Bonchev–Trinajstić information content (AvgIpc) is 2.99. The van der Waals surface area contributed by atoms with Crippen molar-refractivity contribution in [2.45, 2.75) is 47.1 Å². The molecule has 0 aromatic heterocycles. The average molecular weight is 536 g/mol. The summed E-state index contributed by atoms with van der Waals surface area (Å²) in [6.45, 7) is 9.65. The van der Waals surface area contributed by atoms with Gasteiger partial charge in [-0.1, -0.05) is 82.3 Å². The number of anilines is 2. The summed E-state index contributed by atoms with van der Waals surface area (Å²) < 4.78 is 5.20. The van der Waals surface area contributed by atoms with Crippen molar-refractivity contribution in [2.24, 2.45) is 17.4 Å². The highest BCUT2D eigenvalue weighted by Crippen LogP contribution is 2.21. The number of benzene rings is 3. The van der Waals surface area contributed by atoms with Crippen molar-refractivity contribution in [3.05, 3.63) is 102 Å². The molecule has 0 saturated heterocycles. The van der Waals surface area contributed by atoms with Gasteiger partial charge in [0.1, 0.15) is 5.75 Å². The van der Waals surface area contributed by atoms with Crippen LogP contribution in [0.15, 0.2) is 90.6 Å². The molecule has 0 aliphatic rings. The maximum absolute atomic E-state index is 12.5. The first-order valence-electron chi connectivity index (χ1n) is 13.5. The SMILES string of the molecule is CC.CCCN/C(=C/C(=O)Nc1cccc(OC)c1)C(C)Cc1ccccc1N.CN.NCc1ccccc1. The summed E-state index contributed by atoms with van der Waals surface area (Å²) in [5.74, 6) is 0.668. The summed E-state index contributed by atoms with van der Waals surface area (Å²) in [5.41, 5.74) is 20.6. The van der Waals surface area contributed by atoms with Gasteiger partial charge in [-0.25, -0.2) is 0 Å². The quantitative estimate of drug-likeness (QED) is 0.167. The summed E-state index contributed by atoms with van der Waals surface area (Å²) in [7, 11) is 3.10. The van der Waals surface area contributed by atoms with E-state index in [1.165, 1.54) is 12.6 Å². The van der Waals surface area contributed by atoms with Crippen LogP contribution in [0.1, 0.15) is 45.2 Å². The molecule has 0 bridgehead atoms.